The maximum Gasteiger partial charge on any atom is 0.159 e. The zero-order valence-electron chi connectivity index (χ0n) is 28.7. The van der Waals surface area contributed by atoms with Crippen LogP contribution < -0.4 is 4.90 Å². The first-order valence-electron chi connectivity index (χ1n) is 18.0. The van der Waals surface area contributed by atoms with E-state index >= 15 is 0 Å². The highest BCUT2D eigenvalue weighted by molar-refractivity contribution is 6.31. The first-order chi connectivity index (χ1) is 26.3. The summed E-state index contributed by atoms with van der Waals surface area (Å²) in [5.74, 6) is 0. The second-order valence-corrected chi connectivity index (χ2v) is 13.6. The van der Waals surface area contributed by atoms with Crippen LogP contribution in [0.25, 0.3) is 87.7 Å². The largest absolute Gasteiger partial charge is 0.455 e. The van der Waals surface area contributed by atoms with E-state index in [1.807, 2.05) is 12.1 Å². The van der Waals surface area contributed by atoms with Crippen LogP contribution in [0.1, 0.15) is 0 Å². The molecule has 0 spiro atoms. The van der Waals surface area contributed by atoms with Crippen molar-refractivity contribution in [3.05, 3.63) is 188 Å². The van der Waals surface area contributed by atoms with Gasteiger partial charge in [-0.1, -0.05) is 146 Å². The lowest BCUT2D eigenvalue weighted by atomic mass is 9.95. The third-order valence-corrected chi connectivity index (χ3v) is 10.6. The average molecular weight is 678 g/mol. The molecular weight excluding hydrogens is 647 g/mol. The van der Waals surface area contributed by atoms with Gasteiger partial charge in [0.15, 0.2) is 5.58 Å². The van der Waals surface area contributed by atoms with Crippen LogP contribution in [0.4, 0.5) is 17.1 Å². The summed E-state index contributed by atoms with van der Waals surface area (Å²) in [4.78, 5) is 2.33. The van der Waals surface area contributed by atoms with E-state index in [4.69, 9.17) is 8.83 Å². The SMILES string of the molecule is c1ccc(-c2cc(N(c3ccccc3)c3ccc(-c4cccc5c4oc4ccccc45)cc3)c3oc4c5ccccc5c5ccccc5c4c3c2)cc1. The molecule has 0 amide bonds. The van der Waals surface area contributed by atoms with E-state index in [1.54, 1.807) is 0 Å². The molecule has 0 bridgehead atoms. The van der Waals surface area contributed by atoms with Crippen LogP contribution in [-0.4, -0.2) is 0 Å². The minimum atomic E-state index is 0.848. The molecule has 0 unspecified atom stereocenters. The molecule has 0 saturated heterocycles. The number of anilines is 3. The summed E-state index contributed by atoms with van der Waals surface area (Å²) in [6.45, 7) is 0. The Morgan fingerprint density at radius 3 is 1.68 bits per heavy atom. The van der Waals surface area contributed by atoms with E-state index in [2.05, 4.69) is 181 Å². The van der Waals surface area contributed by atoms with Gasteiger partial charge in [0.25, 0.3) is 0 Å². The van der Waals surface area contributed by atoms with Gasteiger partial charge in [-0.05, 0) is 75.3 Å². The number of hydrogen-bond donors (Lipinski definition) is 0. The first kappa shape index (κ1) is 29.6. The fourth-order valence-corrected chi connectivity index (χ4v) is 8.22. The molecule has 0 saturated carbocycles. The fraction of sp³-hybridized carbons (Fsp3) is 0. The number of fused-ring (bicyclic) bond motifs is 11. The van der Waals surface area contributed by atoms with Crippen LogP contribution >= 0.6 is 0 Å². The standard InChI is InChI=1S/C50H31NO2/c1-3-14-32(15-4-1)34-30-44-47-41-21-9-7-18-38(41)39-19-8-10-22-42(39)50(47)53-49(44)45(31-34)51(35-16-5-2-6-17-35)36-28-26-33(27-29-36)37-23-13-24-43-40-20-11-12-25-46(40)52-48(37)43/h1-31H. The minimum absolute atomic E-state index is 0.848. The Kier molecular flexibility index (Phi) is 6.55. The number of benzene rings is 9. The van der Waals surface area contributed by atoms with Crippen LogP contribution in [-0.2, 0) is 0 Å². The quantitative estimate of drug-likeness (QED) is 0.170. The molecule has 3 nitrogen and oxygen atoms in total. The Morgan fingerprint density at radius 1 is 0.321 bits per heavy atom. The Bertz CT molecular complexity index is 3160. The Balaban J connectivity index is 1.18. The molecule has 0 aliphatic rings. The van der Waals surface area contributed by atoms with Gasteiger partial charge in [0.1, 0.15) is 16.7 Å². The van der Waals surface area contributed by atoms with E-state index in [0.29, 0.717) is 0 Å². The van der Waals surface area contributed by atoms with Gasteiger partial charge in [0.2, 0.25) is 0 Å². The second-order valence-electron chi connectivity index (χ2n) is 13.6. The van der Waals surface area contributed by atoms with Gasteiger partial charge in [-0.25, -0.2) is 0 Å². The van der Waals surface area contributed by atoms with Crippen molar-refractivity contribution in [1.29, 1.82) is 0 Å². The van der Waals surface area contributed by atoms with Crippen molar-refractivity contribution in [3.63, 3.8) is 0 Å². The fourth-order valence-electron chi connectivity index (χ4n) is 8.22. The Labute approximate surface area is 305 Å². The maximum absolute atomic E-state index is 7.14. The summed E-state index contributed by atoms with van der Waals surface area (Å²) >= 11 is 0. The van der Waals surface area contributed by atoms with Crippen molar-refractivity contribution in [3.8, 4) is 22.3 Å². The predicted octanol–water partition coefficient (Wildman–Crippen LogP) is 14.6. The van der Waals surface area contributed by atoms with Gasteiger partial charge in [0.05, 0.1) is 5.69 Å². The maximum atomic E-state index is 7.14. The number of furan rings is 2. The Hall–Kier alpha value is -7.10. The van der Waals surface area contributed by atoms with E-state index < -0.39 is 0 Å². The normalized spacial score (nSPS) is 11.8. The highest BCUT2D eigenvalue weighted by atomic mass is 16.3. The number of nitrogens with zero attached hydrogens (tertiary/aromatic N) is 1. The van der Waals surface area contributed by atoms with Gasteiger partial charge in [-0.2, -0.15) is 0 Å². The van der Waals surface area contributed by atoms with E-state index in [9.17, 15) is 0 Å². The zero-order valence-corrected chi connectivity index (χ0v) is 28.7. The Morgan fingerprint density at radius 2 is 0.906 bits per heavy atom. The summed E-state index contributed by atoms with van der Waals surface area (Å²) in [6, 6.07) is 66.6. The van der Waals surface area contributed by atoms with Gasteiger partial charge >= 0.3 is 0 Å². The van der Waals surface area contributed by atoms with E-state index in [1.165, 1.54) is 16.2 Å². The van der Waals surface area contributed by atoms with Crippen molar-refractivity contribution < 1.29 is 8.83 Å². The van der Waals surface area contributed by atoms with Gasteiger partial charge < -0.3 is 13.7 Å². The highest BCUT2D eigenvalue weighted by Gasteiger charge is 2.24. The number of rotatable bonds is 5. The summed E-state index contributed by atoms with van der Waals surface area (Å²) in [6.07, 6.45) is 0. The molecule has 0 radical (unpaired) electrons. The predicted molar refractivity (Wildman–Crippen MR) is 222 cm³/mol. The first-order valence-corrected chi connectivity index (χ1v) is 18.0. The summed E-state index contributed by atoms with van der Waals surface area (Å²) in [5, 5.41) is 9.19. The topological polar surface area (TPSA) is 29.5 Å². The molecule has 9 aromatic carbocycles. The van der Waals surface area contributed by atoms with Gasteiger partial charge in [0, 0.05) is 43.9 Å². The van der Waals surface area contributed by atoms with Crippen molar-refractivity contribution in [2.24, 2.45) is 0 Å². The summed E-state index contributed by atoms with van der Waals surface area (Å²) in [7, 11) is 0. The van der Waals surface area contributed by atoms with Crippen molar-refractivity contribution in [2.75, 3.05) is 4.90 Å². The smallest absolute Gasteiger partial charge is 0.159 e. The van der Waals surface area contributed by atoms with Crippen LogP contribution in [0.3, 0.4) is 0 Å². The average Bonchev–Trinajstić information content (AvgIpc) is 3.82. The van der Waals surface area contributed by atoms with Crippen LogP contribution in [0.15, 0.2) is 197 Å². The number of hydrogen-bond acceptors (Lipinski definition) is 3. The molecule has 2 aromatic heterocycles. The van der Waals surface area contributed by atoms with E-state index in [-0.39, 0.29) is 0 Å². The third-order valence-electron chi connectivity index (χ3n) is 10.6. The lowest BCUT2D eigenvalue weighted by Crippen LogP contribution is -2.10. The summed E-state index contributed by atoms with van der Waals surface area (Å²) < 4.78 is 13.6. The highest BCUT2D eigenvalue weighted by Crippen LogP contribution is 2.48. The monoisotopic (exact) mass is 677 g/mol. The molecule has 0 aliphatic heterocycles. The van der Waals surface area contributed by atoms with Crippen LogP contribution in [0.5, 0.6) is 0 Å². The molecule has 11 rings (SSSR count). The molecule has 2 heterocycles. The third kappa shape index (κ3) is 4.61. The molecule has 53 heavy (non-hydrogen) atoms. The molecule has 0 atom stereocenters. The van der Waals surface area contributed by atoms with Crippen LogP contribution in [0, 0.1) is 0 Å². The van der Waals surface area contributed by atoms with Crippen molar-refractivity contribution in [1.82, 2.24) is 0 Å². The van der Waals surface area contributed by atoms with Crippen LogP contribution in [0.2, 0.25) is 0 Å². The zero-order chi connectivity index (χ0) is 34.9. The molecule has 0 aliphatic carbocycles. The molecule has 0 N–H and O–H groups in total. The van der Waals surface area contributed by atoms with Crippen molar-refractivity contribution in [2.45, 2.75) is 0 Å². The molecule has 0 fully saturated rings. The molecule has 11 aromatic rings. The second kappa shape index (κ2) is 11.7. The molecule has 248 valence electrons. The van der Waals surface area contributed by atoms with Crippen molar-refractivity contribution >= 4 is 82.5 Å². The lowest BCUT2D eigenvalue weighted by Gasteiger charge is -2.26. The minimum Gasteiger partial charge on any atom is -0.455 e. The summed E-state index contributed by atoms with van der Waals surface area (Å²) in [5.41, 5.74) is 11.0. The molecular formula is C50H31NO2. The lowest BCUT2D eigenvalue weighted by molar-refractivity contribution is 0.670. The molecule has 3 heteroatoms. The van der Waals surface area contributed by atoms with Gasteiger partial charge in [-0.15, -0.1) is 0 Å². The van der Waals surface area contributed by atoms with Gasteiger partial charge in [-0.3, -0.25) is 0 Å². The van der Waals surface area contributed by atoms with E-state index in [0.717, 1.165) is 88.6 Å². The number of para-hydroxylation sites is 3.